The normalized spacial score (nSPS) is 14.0. The van der Waals surface area contributed by atoms with Crippen molar-refractivity contribution in [1.82, 2.24) is 5.32 Å². The van der Waals surface area contributed by atoms with Gasteiger partial charge in [0, 0.05) is 6.42 Å². The topological polar surface area (TPSA) is 95.9 Å². The summed E-state index contributed by atoms with van der Waals surface area (Å²) in [6, 6.07) is 8.99. The van der Waals surface area contributed by atoms with Crippen LogP contribution in [-0.4, -0.2) is 40.0 Å². The quantitative estimate of drug-likeness (QED) is 0.462. The van der Waals surface area contributed by atoms with Crippen molar-refractivity contribution in [2.45, 2.75) is 64.2 Å². The molecule has 2 atom stereocenters. The average Bonchev–Trinajstić information content (AvgIpc) is 2.52. The monoisotopic (exact) mass is 363 g/mol. The number of hydrogen-bond acceptors (Lipinski definition) is 4. The van der Waals surface area contributed by atoms with E-state index in [9.17, 15) is 14.7 Å². The van der Waals surface area contributed by atoms with Crippen LogP contribution in [0.1, 0.15) is 45.6 Å². The molecule has 144 valence electrons. The molecular weight excluding hydrogens is 334 g/mol. The summed E-state index contributed by atoms with van der Waals surface area (Å²) in [6.45, 7) is 5.33. The molecule has 0 unspecified atom stereocenters. The van der Waals surface area contributed by atoms with Gasteiger partial charge >= 0.3 is 12.1 Å². The first-order valence-corrected chi connectivity index (χ1v) is 8.77. The number of nitrogens with one attached hydrogen (secondary N) is 1. The molecule has 0 aliphatic carbocycles. The van der Waals surface area contributed by atoms with Crippen molar-refractivity contribution in [2.75, 3.05) is 0 Å². The van der Waals surface area contributed by atoms with Gasteiger partial charge in [0.05, 0.1) is 12.1 Å². The highest BCUT2D eigenvalue weighted by atomic mass is 16.6. The highest BCUT2D eigenvalue weighted by Gasteiger charge is 2.23. The van der Waals surface area contributed by atoms with Crippen molar-refractivity contribution in [3.8, 4) is 0 Å². The third kappa shape index (κ3) is 9.84. The summed E-state index contributed by atoms with van der Waals surface area (Å²) in [5.74, 6) is -0.840. The molecule has 0 saturated carbocycles. The maximum Gasteiger partial charge on any atom is 0.407 e. The SMILES string of the molecule is CC(C)(C)OC(=O)N[C@@H](Cc1ccccc1)[C@H](O)/C=C/CCCC(=O)O. The number of unbranched alkanes of at least 4 members (excludes halogenated alkanes) is 1. The number of benzene rings is 1. The van der Waals surface area contributed by atoms with Crippen molar-refractivity contribution in [2.24, 2.45) is 0 Å². The number of rotatable bonds is 9. The van der Waals surface area contributed by atoms with Crippen molar-refractivity contribution in [1.29, 1.82) is 0 Å². The van der Waals surface area contributed by atoms with Crippen molar-refractivity contribution >= 4 is 12.1 Å². The molecule has 26 heavy (non-hydrogen) atoms. The molecular formula is C20H29NO5. The number of aliphatic carboxylic acids is 1. The van der Waals surface area contributed by atoms with Gasteiger partial charge < -0.3 is 20.3 Å². The molecule has 0 aromatic heterocycles. The fourth-order valence-electron chi connectivity index (χ4n) is 2.33. The van der Waals surface area contributed by atoms with Crippen molar-refractivity contribution in [3.63, 3.8) is 0 Å². The lowest BCUT2D eigenvalue weighted by Crippen LogP contribution is -2.46. The van der Waals surface area contributed by atoms with Crippen LogP contribution in [0.3, 0.4) is 0 Å². The van der Waals surface area contributed by atoms with Crippen LogP contribution >= 0.6 is 0 Å². The Balaban J connectivity index is 2.70. The molecule has 1 rings (SSSR count). The number of hydrogen-bond donors (Lipinski definition) is 3. The number of carboxylic acid groups (broad SMARTS) is 1. The van der Waals surface area contributed by atoms with E-state index < -0.39 is 29.8 Å². The molecule has 6 heteroatoms. The molecule has 0 bridgehead atoms. The summed E-state index contributed by atoms with van der Waals surface area (Å²) >= 11 is 0. The standard InChI is InChI=1S/C20H29NO5/c1-20(2,3)26-19(25)21-16(14-15-10-6-4-7-11-15)17(22)12-8-5-9-13-18(23)24/h4,6-8,10-12,16-17,22H,5,9,13-14H2,1-3H3,(H,21,25)(H,23,24)/b12-8+/t16-,17+/m0/s1. The molecule has 0 saturated heterocycles. The Morgan fingerprint density at radius 1 is 1.23 bits per heavy atom. The van der Waals surface area contributed by atoms with E-state index in [0.29, 0.717) is 19.3 Å². The Morgan fingerprint density at radius 2 is 1.88 bits per heavy atom. The molecule has 3 N–H and O–H groups in total. The van der Waals surface area contributed by atoms with Gasteiger partial charge in [0.1, 0.15) is 5.60 Å². The van der Waals surface area contributed by atoms with Crippen LogP contribution < -0.4 is 5.32 Å². The summed E-state index contributed by atoms with van der Waals surface area (Å²) in [7, 11) is 0. The molecule has 0 radical (unpaired) electrons. The lowest BCUT2D eigenvalue weighted by molar-refractivity contribution is -0.137. The van der Waals surface area contributed by atoms with E-state index >= 15 is 0 Å². The van der Waals surface area contributed by atoms with Crippen LogP contribution in [0.15, 0.2) is 42.5 Å². The number of carboxylic acids is 1. The van der Waals surface area contributed by atoms with Crippen LogP contribution in [0.5, 0.6) is 0 Å². The van der Waals surface area contributed by atoms with Gasteiger partial charge in [0.15, 0.2) is 0 Å². The first-order valence-electron chi connectivity index (χ1n) is 8.77. The van der Waals surface area contributed by atoms with Gasteiger partial charge in [0.25, 0.3) is 0 Å². The van der Waals surface area contributed by atoms with E-state index in [2.05, 4.69) is 5.32 Å². The summed E-state index contributed by atoms with van der Waals surface area (Å²) in [5.41, 5.74) is 0.353. The Hall–Kier alpha value is -2.34. The number of carbonyl (C=O) groups is 2. The summed E-state index contributed by atoms with van der Waals surface area (Å²) in [6.07, 6.45) is 3.42. The van der Waals surface area contributed by atoms with Crippen LogP contribution in [0.2, 0.25) is 0 Å². The predicted molar refractivity (Wildman–Crippen MR) is 99.9 cm³/mol. The summed E-state index contributed by atoms with van der Waals surface area (Å²) < 4.78 is 5.27. The number of alkyl carbamates (subject to hydrolysis) is 1. The second-order valence-corrected chi connectivity index (χ2v) is 7.15. The Morgan fingerprint density at radius 3 is 2.46 bits per heavy atom. The van der Waals surface area contributed by atoms with Gasteiger partial charge in [-0.2, -0.15) is 0 Å². The molecule has 0 fully saturated rings. The van der Waals surface area contributed by atoms with Gasteiger partial charge in [-0.05, 0) is 45.6 Å². The van der Waals surface area contributed by atoms with E-state index in [1.165, 1.54) is 0 Å². The number of carbonyl (C=O) groups excluding carboxylic acids is 1. The van der Waals surface area contributed by atoms with E-state index in [1.54, 1.807) is 32.9 Å². The molecule has 0 heterocycles. The first kappa shape index (κ1) is 21.7. The van der Waals surface area contributed by atoms with E-state index in [1.807, 2.05) is 30.3 Å². The number of allylic oxidation sites excluding steroid dienone is 1. The number of aliphatic hydroxyl groups excluding tert-OH is 1. The van der Waals surface area contributed by atoms with E-state index in [4.69, 9.17) is 9.84 Å². The molecule has 1 aromatic rings. The predicted octanol–water partition coefficient (Wildman–Crippen LogP) is 3.29. The molecule has 0 spiro atoms. The van der Waals surface area contributed by atoms with Gasteiger partial charge in [-0.1, -0.05) is 42.5 Å². The van der Waals surface area contributed by atoms with Crippen molar-refractivity contribution in [3.05, 3.63) is 48.0 Å². The Bertz CT molecular complexity index is 592. The minimum Gasteiger partial charge on any atom is -0.481 e. The number of aliphatic hydroxyl groups is 1. The zero-order valence-electron chi connectivity index (χ0n) is 15.6. The van der Waals surface area contributed by atoms with Crippen molar-refractivity contribution < 1.29 is 24.5 Å². The second-order valence-electron chi connectivity index (χ2n) is 7.15. The third-order valence-corrected chi connectivity index (χ3v) is 3.51. The minimum atomic E-state index is -0.910. The largest absolute Gasteiger partial charge is 0.481 e. The number of ether oxygens (including phenoxy) is 1. The zero-order valence-corrected chi connectivity index (χ0v) is 15.6. The van der Waals surface area contributed by atoms with Gasteiger partial charge in [-0.25, -0.2) is 4.79 Å². The number of amides is 1. The maximum absolute atomic E-state index is 12.1. The summed E-state index contributed by atoms with van der Waals surface area (Å²) in [4.78, 5) is 22.6. The smallest absolute Gasteiger partial charge is 0.407 e. The second kappa shape index (κ2) is 10.6. The highest BCUT2D eigenvalue weighted by Crippen LogP contribution is 2.11. The maximum atomic E-state index is 12.1. The van der Waals surface area contributed by atoms with Crippen LogP contribution in [-0.2, 0) is 16.0 Å². The lowest BCUT2D eigenvalue weighted by atomic mass is 10.0. The van der Waals surface area contributed by atoms with E-state index in [0.717, 1.165) is 5.56 Å². The third-order valence-electron chi connectivity index (χ3n) is 3.51. The van der Waals surface area contributed by atoms with Crippen LogP contribution in [0.4, 0.5) is 4.79 Å². The van der Waals surface area contributed by atoms with E-state index in [-0.39, 0.29) is 6.42 Å². The van der Waals surface area contributed by atoms with Crippen LogP contribution in [0, 0.1) is 0 Å². The lowest BCUT2D eigenvalue weighted by Gasteiger charge is -2.25. The first-order chi connectivity index (χ1) is 12.2. The van der Waals surface area contributed by atoms with Gasteiger partial charge in [0.2, 0.25) is 0 Å². The minimum absolute atomic E-state index is 0.0873. The fraction of sp³-hybridized carbons (Fsp3) is 0.500. The highest BCUT2D eigenvalue weighted by molar-refractivity contribution is 5.68. The zero-order chi connectivity index (χ0) is 19.6. The van der Waals surface area contributed by atoms with Gasteiger partial charge in [-0.15, -0.1) is 0 Å². The Kier molecular flexibility index (Phi) is 8.85. The Labute approximate surface area is 154 Å². The molecule has 6 nitrogen and oxygen atoms in total. The molecule has 1 aromatic carbocycles. The fourth-order valence-corrected chi connectivity index (χ4v) is 2.33. The molecule has 0 aliphatic rings. The summed E-state index contributed by atoms with van der Waals surface area (Å²) in [5, 5.41) is 21.8. The molecule has 1 amide bonds. The average molecular weight is 363 g/mol. The molecule has 0 aliphatic heterocycles. The van der Waals surface area contributed by atoms with Gasteiger partial charge in [-0.3, -0.25) is 4.79 Å². The van der Waals surface area contributed by atoms with Crippen LogP contribution in [0.25, 0.3) is 0 Å².